The van der Waals surface area contributed by atoms with Crippen molar-refractivity contribution in [2.24, 2.45) is 13.0 Å². The predicted molar refractivity (Wildman–Crippen MR) is 48.0 cm³/mol. The SMILES string of the molecule is Cn1cc(C2OCCCC2C#N)nn1. The second-order valence-electron chi connectivity index (χ2n) is 3.49. The molecule has 5 nitrogen and oxygen atoms in total. The van der Waals surface area contributed by atoms with Crippen molar-refractivity contribution in [2.45, 2.75) is 18.9 Å². The van der Waals surface area contributed by atoms with Gasteiger partial charge in [-0.2, -0.15) is 5.26 Å². The minimum atomic E-state index is -0.192. The Labute approximate surface area is 82.3 Å². The van der Waals surface area contributed by atoms with Crippen molar-refractivity contribution in [3.05, 3.63) is 11.9 Å². The van der Waals surface area contributed by atoms with E-state index in [0.717, 1.165) is 18.5 Å². The summed E-state index contributed by atoms with van der Waals surface area (Å²) in [7, 11) is 1.81. The molecule has 0 spiro atoms. The first-order valence-corrected chi connectivity index (χ1v) is 4.68. The molecule has 5 heteroatoms. The number of hydrogen-bond donors (Lipinski definition) is 0. The van der Waals surface area contributed by atoms with Crippen LogP contribution in [0, 0.1) is 17.2 Å². The summed E-state index contributed by atoms with van der Waals surface area (Å²) in [5.41, 5.74) is 0.763. The van der Waals surface area contributed by atoms with Crippen LogP contribution in [0.5, 0.6) is 0 Å². The van der Waals surface area contributed by atoms with E-state index in [1.807, 2.05) is 0 Å². The first kappa shape index (κ1) is 9.16. The highest BCUT2D eigenvalue weighted by Crippen LogP contribution is 2.31. The molecule has 1 aliphatic heterocycles. The lowest BCUT2D eigenvalue weighted by Crippen LogP contribution is -2.21. The van der Waals surface area contributed by atoms with Gasteiger partial charge in [-0.05, 0) is 12.8 Å². The monoisotopic (exact) mass is 192 g/mol. The Morgan fingerprint density at radius 1 is 1.71 bits per heavy atom. The molecule has 1 fully saturated rings. The molecule has 14 heavy (non-hydrogen) atoms. The summed E-state index contributed by atoms with van der Waals surface area (Å²) in [6, 6.07) is 2.26. The van der Waals surface area contributed by atoms with E-state index in [2.05, 4.69) is 16.4 Å². The Kier molecular flexibility index (Phi) is 2.46. The fraction of sp³-hybridized carbons (Fsp3) is 0.667. The first-order valence-electron chi connectivity index (χ1n) is 4.68. The van der Waals surface area contributed by atoms with E-state index in [1.165, 1.54) is 0 Å². The normalized spacial score (nSPS) is 27.1. The summed E-state index contributed by atoms with van der Waals surface area (Å²) in [5.74, 6) is -0.0829. The summed E-state index contributed by atoms with van der Waals surface area (Å²) in [4.78, 5) is 0. The van der Waals surface area contributed by atoms with Gasteiger partial charge in [0, 0.05) is 13.7 Å². The van der Waals surface area contributed by atoms with E-state index in [0.29, 0.717) is 6.61 Å². The largest absolute Gasteiger partial charge is 0.370 e. The number of ether oxygens (including phenoxy) is 1. The van der Waals surface area contributed by atoms with Crippen LogP contribution < -0.4 is 0 Å². The van der Waals surface area contributed by atoms with E-state index >= 15 is 0 Å². The first-order chi connectivity index (χ1) is 6.81. The molecular weight excluding hydrogens is 180 g/mol. The highest BCUT2D eigenvalue weighted by atomic mass is 16.5. The lowest BCUT2D eigenvalue weighted by molar-refractivity contribution is -0.0128. The third-order valence-corrected chi connectivity index (χ3v) is 2.40. The summed E-state index contributed by atoms with van der Waals surface area (Å²) < 4.78 is 7.17. The van der Waals surface area contributed by atoms with Gasteiger partial charge in [-0.1, -0.05) is 5.21 Å². The zero-order valence-electron chi connectivity index (χ0n) is 8.05. The van der Waals surface area contributed by atoms with Gasteiger partial charge in [0.1, 0.15) is 11.8 Å². The summed E-state index contributed by atoms with van der Waals surface area (Å²) >= 11 is 0. The maximum absolute atomic E-state index is 8.94. The molecule has 0 amide bonds. The van der Waals surface area contributed by atoms with Crippen molar-refractivity contribution < 1.29 is 4.74 Å². The number of rotatable bonds is 1. The topological polar surface area (TPSA) is 63.7 Å². The Hall–Kier alpha value is -1.41. The Balaban J connectivity index is 2.19. The number of aryl methyl sites for hydroxylation is 1. The van der Waals surface area contributed by atoms with Gasteiger partial charge in [0.05, 0.1) is 18.2 Å². The molecular formula is C9H12N4O. The fourth-order valence-electron chi connectivity index (χ4n) is 1.70. The molecule has 0 saturated carbocycles. The zero-order chi connectivity index (χ0) is 9.97. The molecule has 0 aromatic carbocycles. The van der Waals surface area contributed by atoms with E-state index in [-0.39, 0.29) is 12.0 Å². The number of hydrogen-bond acceptors (Lipinski definition) is 4. The van der Waals surface area contributed by atoms with E-state index in [4.69, 9.17) is 10.00 Å². The Morgan fingerprint density at radius 2 is 2.57 bits per heavy atom. The Bertz CT molecular complexity index is 354. The van der Waals surface area contributed by atoms with Gasteiger partial charge in [-0.25, -0.2) is 0 Å². The fourth-order valence-corrected chi connectivity index (χ4v) is 1.70. The molecule has 0 N–H and O–H groups in total. The van der Waals surface area contributed by atoms with E-state index in [1.54, 1.807) is 17.9 Å². The second kappa shape index (κ2) is 3.76. The van der Waals surface area contributed by atoms with E-state index < -0.39 is 0 Å². The van der Waals surface area contributed by atoms with Crippen molar-refractivity contribution in [1.29, 1.82) is 5.26 Å². The van der Waals surface area contributed by atoms with Crippen LogP contribution in [-0.4, -0.2) is 21.6 Å². The van der Waals surface area contributed by atoms with E-state index in [9.17, 15) is 0 Å². The third-order valence-electron chi connectivity index (χ3n) is 2.40. The predicted octanol–water partition coefficient (Wildman–Crippen LogP) is 0.806. The molecule has 74 valence electrons. The van der Waals surface area contributed by atoms with Crippen molar-refractivity contribution >= 4 is 0 Å². The number of aromatic nitrogens is 3. The van der Waals surface area contributed by atoms with Crippen molar-refractivity contribution in [3.63, 3.8) is 0 Å². The summed E-state index contributed by atoms with van der Waals surface area (Å²) in [6.45, 7) is 0.708. The average molecular weight is 192 g/mol. The Morgan fingerprint density at radius 3 is 3.21 bits per heavy atom. The van der Waals surface area contributed by atoms with Gasteiger partial charge < -0.3 is 4.74 Å². The minimum absolute atomic E-state index is 0.0829. The van der Waals surface area contributed by atoms with Gasteiger partial charge in [0.15, 0.2) is 0 Å². The van der Waals surface area contributed by atoms with Gasteiger partial charge >= 0.3 is 0 Å². The van der Waals surface area contributed by atoms with Crippen LogP contribution in [0.25, 0.3) is 0 Å². The second-order valence-corrected chi connectivity index (χ2v) is 3.49. The molecule has 0 radical (unpaired) electrons. The van der Waals surface area contributed by atoms with Crippen LogP contribution in [0.1, 0.15) is 24.6 Å². The van der Waals surface area contributed by atoms with Gasteiger partial charge in [0.25, 0.3) is 0 Å². The molecule has 1 aromatic rings. The van der Waals surface area contributed by atoms with Crippen LogP contribution in [0.3, 0.4) is 0 Å². The van der Waals surface area contributed by atoms with Crippen LogP contribution in [-0.2, 0) is 11.8 Å². The number of nitriles is 1. The molecule has 2 rings (SSSR count). The van der Waals surface area contributed by atoms with Gasteiger partial charge in [-0.3, -0.25) is 4.68 Å². The van der Waals surface area contributed by atoms with Crippen LogP contribution in [0.4, 0.5) is 0 Å². The molecule has 2 atom stereocenters. The van der Waals surface area contributed by atoms with Crippen molar-refractivity contribution in [3.8, 4) is 6.07 Å². The smallest absolute Gasteiger partial charge is 0.119 e. The van der Waals surface area contributed by atoms with Gasteiger partial charge in [-0.15, -0.1) is 5.10 Å². The summed E-state index contributed by atoms with van der Waals surface area (Å²) in [6.07, 6.45) is 3.45. The maximum atomic E-state index is 8.94. The zero-order valence-corrected chi connectivity index (χ0v) is 8.05. The van der Waals surface area contributed by atoms with Crippen molar-refractivity contribution in [1.82, 2.24) is 15.0 Å². The quantitative estimate of drug-likeness (QED) is 0.660. The lowest BCUT2D eigenvalue weighted by Gasteiger charge is -2.25. The average Bonchev–Trinajstić information content (AvgIpc) is 2.65. The summed E-state index contributed by atoms with van der Waals surface area (Å²) in [5, 5.41) is 16.8. The maximum Gasteiger partial charge on any atom is 0.119 e. The highest BCUT2D eigenvalue weighted by Gasteiger charge is 2.29. The molecule has 0 aliphatic carbocycles. The highest BCUT2D eigenvalue weighted by molar-refractivity contribution is 5.06. The van der Waals surface area contributed by atoms with Gasteiger partial charge in [0.2, 0.25) is 0 Å². The van der Waals surface area contributed by atoms with Crippen molar-refractivity contribution in [2.75, 3.05) is 6.61 Å². The number of nitrogens with zero attached hydrogens (tertiary/aromatic N) is 4. The third kappa shape index (κ3) is 1.61. The molecule has 1 saturated heterocycles. The van der Waals surface area contributed by atoms with Crippen LogP contribution in [0.2, 0.25) is 0 Å². The van der Waals surface area contributed by atoms with Crippen LogP contribution >= 0.6 is 0 Å². The molecule has 0 bridgehead atoms. The molecule has 2 heterocycles. The van der Waals surface area contributed by atoms with Crippen LogP contribution in [0.15, 0.2) is 6.20 Å². The minimum Gasteiger partial charge on any atom is -0.370 e. The molecule has 2 unspecified atom stereocenters. The molecule has 1 aromatic heterocycles. The molecule has 1 aliphatic rings. The standard InChI is InChI=1S/C9H12N4O/c1-13-6-8(11-12-13)9-7(5-10)3-2-4-14-9/h6-7,9H,2-4H2,1H3. The lowest BCUT2D eigenvalue weighted by atomic mass is 9.94.